The van der Waals surface area contributed by atoms with Gasteiger partial charge in [0.25, 0.3) is 0 Å². The summed E-state index contributed by atoms with van der Waals surface area (Å²) in [6.45, 7) is 4.87. The van der Waals surface area contributed by atoms with Crippen LogP contribution in [0.2, 0.25) is 0 Å². The summed E-state index contributed by atoms with van der Waals surface area (Å²) in [6, 6.07) is 4.43. The Morgan fingerprint density at radius 2 is 2.07 bits per heavy atom. The van der Waals surface area contributed by atoms with Gasteiger partial charge in [-0.15, -0.1) is 11.8 Å². The second-order valence-corrected chi connectivity index (χ2v) is 4.23. The van der Waals surface area contributed by atoms with Crippen LogP contribution in [0.4, 0.5) is 0 Å². The van der Waals surface area contributed by atoms with Crippen LogP contribution in [0.5, 0.6) is 0 Å². The number of benzene rings is 1. The van der Waals surface area contributed by atoms with Crippen molar-refractivity contribution in [3.63, 3.8) is 0 Å². The van der Waals surface area contributed by atoms with Crippen LogP contribution in [0, 0.1) is 13.8 Å². The van der Waals surface area contributed by atoms with E-state index in [2.05, 4.69) is 37.1 Å². The third kappa shape index (κ3) is 2.74. The van der Waals surface area contributed by atoms with Crippen molar-refractivity contribution in [2.45, 2.75) is 25.2 Å². The van der Waals surface area contributed by atoms with Crippen molar-refractivity contribution in [2.75, 3.05) is 12.9 Å². The Labute approximate surface area is 89.8 Å². The van der Waals surface area contributed by atoms with Gasteiger partial charge in [0.05, 0.1) is 6.61 Å². The summed E-state index contributed by atoms with van der Waals surface area (Å²) in [5, 5.41) is 0. The van der Waals surface area contributed by atoms with Crippen LogP contribution in [0.25, 0.3) is 0 Å². The lowest BCUT2D eigenvalue weighted by Gasteiger charge is -2.10. The van der Waals surface area contributed by atoms with Crippen molar-refractivity contribution in [1.29, 1.82) is 0 Å². The third-order valence-corrected chi connectivity index (χ3v) is 3.18. The first-order chi connectivity index (χ1) is 6.69. The van der Waals surface area contributed by atoms with E-state index in [0.717, 1.165) is 6.42 Å². The Hall–Kier alpha value is -0.510. The van der Waals surface area contributed by atoms with E-state index >= 15 is 0 Å². The summed E-state index contributed by atoms with van der Waals surface area (Å²) in [6.07, 6.45) is 2.98. The number of aryl methyl sites for hydroxylation is 1. The van der Waals surface area contributed by atoms with Crippen LogP contribution in [0.3, 0.4) is 0 Å². The van der Waals surface area contributed by atoms with Crippen LogP contribution in [0.1, 0.15) is 16.7 Å². The molecule has 0 saturated carbocycles. The van der Waals surface area contributed by atoms with Gasteiger partial charge in [0.1, 0.15) is 0 Å². The fraction of sp³-hybridized carbons (Fsp3) is 0.455. The van der Waals surface area contributed by atoms with Gasteiger partial charge in [0, 0.05) is 4.90 Å². The highest BCUT2D eigenvalue weighted by atomic mass is 32.2. The van der Waals surface area contributed by atoms with Gasteiger partial charge in [-0.25, -0.2) is 5.90 Å². The molecule has 0 radical (unpaired) electrons. The Kier molecular flexibility index (Phi) is 4.45. The van der Waals surface area contributed by atoms with Crippen LogP contribution >= 0.6 is 11.8 Å². The average Bonchev–Trinajstić information content (AvgIpc) is 2.20. The molecule has 0 fully saturated rings. The zero-order valence-electron chi connectivity index (χ0n) is 8.96. The van der Waals surface area contributed by atoms with Gasteiger partial charge < -0.3 is 4.84 Å². The molecule has 0 aliphatic carbocycles. The molecule has 0 heterocycles. The molecule has 78 valence electrons. The van der Waals surface area contributed by atoms with E-state index < -0.39 is 0 Å². The molecule has 0 unspecified atom stereocenters. The minimum absolute atomic E-state index is 0.581. The van der Waals surface area contributed by atoms with Crippen LogP contribution in [-0.2, 0) is 11.3 Å². The molecule has 0 atom stereocenters. The maximum absolute atomic E-state index is 5.03. The molecule has 0 aromatic heterocycles. The summed E-state index contributed by atoms with van der Waals surface area (Å²) >= 11 is 1.77. The highest BCUT2D eigenvalue weighted by Crippen LogP contribution is 2.22. The monoisotopic (exact) mass is 211 g/mol. The minimum atomic E-state index is 0.581. The maximum atomic E-state index is 5.03. The van der Waals surface area contributed by atoms with E-state index in [9.17, 15) is 0 Å². The lowest BCUT2D eigenvalue weighted by atomic mass is 10.0. The molecular formula is C11H17NOS. The summed E-state index contributed by atoms with van der Waals surface area (Å²) in [5.41, 5.74) is 4.02. The summed E-state index contributed by atoms with van der Waals surface area (Å²) in [7, 11) is 0. The van der Waals surface area contributed by atoms with Gasteiger partial charge >= 0.3 is 0 Å². The molecule has 1 aromatic rings. The zero-order chi connectivity index (χ0) is 10.6. The molecule has 0 aliphatic rings. The molecule has 2 N–H and O–H groups in total. The Morgan fingerprint density at radius 3 is 2.64 bits per heavy atom. The number of hydrogen-bond acceptors (Lipinski definition) is 3. The van der Waals surface area contributed by atoms with E-state index in [4.69, 9.17) is 5.90 Å². The lowest BCUT2D eigenvalue weighted by molar-refractivity contribution is 0.141. The second kappa shape index (κ2) is 5.39. The first-order valence-electron chi connectivity index (χ1n) is 4.65. The summed E-state index contributed by atoms with van der Waals surface area (Å²) in [5.74, 6) is 5.03. The van der Waals surface area contributed by atoms with E-state index in [1.54, 1.807) is 11.8 Å². The average molecular weight is 211 g/mol. The molecule has 0 spiro atoms. The second-order valence-electron chi connectivity index (χ2n) is 3.35. The molecule has 1 aromatic carbocycles. The van der Waals surface area contributed by atoms with Gasteiger partial charge in [0.15, 0.2) is 0 Å². The van der Waals surface area contributed by atoms with Crippen LogP contribution in [-0.4, -0.2) is 12.9 Å². The van der Waals surface area contributed by atoms with Crippen molar-refractivity contribution in [3.8, 4) is 0 Å². The molecular weight excluding hydrogens is 194 g/mol. The topological polar surface area (TPSA) is 35.2 Å². The Balaban J connectivity index is 2.95. The van der Waals surface area contributed by atoms with Crippen molar-refractivity contribution >= 4 is 11.8 Å². The molecule has 14 heavy (non-hydrogen) atoms. The van der Waals surface area contributed by atoms with Crippen LogP contribution in [0.15, 0.2) is 17.0 Å². The summed E-state index contributed by atoms with van der Waals surface area (Å²) < 4.78 is 0. The molecule has 3 heteroatoms. The van der Waals surface area contributed by atoms with Gasteiger partial charge in [-0.05, 0) is 55.3 Å². The molecule has 0 bridgehead atoms. The first kappa shape index (κ1) is 11.6. The third-order valence-electron chi connectivity index (χ3n) is 2.47. The SMILES string of the molecule is CSc1cc(C)c(C)c(CCON)c1. The van der Waals surface area contributed by atoms with E-state index in [0.29, 0.717) is 6.61 Å². The van der Waals surface area contributed by atoms with Crippen molar-refractivity contribution in [3.05, 3.63) is 28.8 Å². The highest BCUT2D eigenvalue weighted by Gasteiger charge is 2.03. The predicted molar refractivity (Wildman–Crippen MR) is 61.5 cm³/mol. The number of hydrogen-bond donors (Lipinski definition) is 1. The Bertz CT molecular complexity index is 312. The van der Waals surface area contributed by atoms with E-state index in [1.165, 1.54) is 21.6 Å². The largest absolute Gasteiger partial charge is 0.304 e. The molecule has 0 aliphatic heterocycles. The van der Waals surface area contributed by atoms with Crippen LogP contribution < -0.4 is 5.90 Å². The molecule has 2 nitrogen and oxygen atoms in total. The van der Waals surface area contributed by atoms with Crippen molar-refractivity contribution in [1.82, 2.24) is 0 Å². The smallest absolute Gasteiger partial charge is 0.0719 e. The van der Waals surface area contributed by atoms with Gasteiger partial charge in [0.2, 0.25) is 0 Å². The fourth-order valence-electron chi connectivity index (χ4n) is 1.44. The van der Waals surface area contributed by atoms with Gasteiger partial charge in [-0.1, -0.05) is 0 Å². The number of rotatable bonds is 4. The number of nitrogens with two attached hydrogens (primary N) is 1. The van der Waals surface area contributed by atoms with Crippen molar-refractivity contribution < 1.29 is 4.84 Å². The standard InChI is InChI=1S/C11H17NOS/c1-8-6-11(14-3)7-10(9(8)2)4-5-13-12/h6-7H,4-5,12H2,1-3H3. The van der Waals surface area contributed by atoms with E-state index in [1.807, 2.05) is 0 Å². The molecule has 0 saturated heterocycles. The predicted octanol–water partition coefficient (Wildman–Crippen LogP) is 2.46. The zero-order valence-corrected chi connectivity index (χ0v) is 9.78. The first-order valence-corrected chi connectivity index (χ1v) is 5.87. The maximum Gasteiger partial charge on any atom is 0.0719 e. The fourth-order valence-corrected chi connectivity index (χ4v) is 2.00. The normalized spacial score (nSPS) is 10.6. The number of thioether (sulfide) groups is 1. The minimum Gasteiger partial charge on any atom is -0.304 e. The highest BCUT2D eigenvalue weighted by molar-refractivity contribution is 7.98. The van der Waals surface area contributed by atoms with Crippen molar-refractivity contribution in [2.24, 2.45) is 5.90 Å². The quantitative estimate of drug-likeness (QED) is 0.614. The summed E-state index contributed by atoms with van der Waals surface area (Å²) in [4.78, 5) is 5.91. The Morgan fingerprint density at radius 1 is 1.36 bits per heavy atom. The van der Waals surface area contributed by atoms with Gasteiger partial charge in [-0.3, -0.25) is 0 Å². The molecule has 0 amide bonds. The van der Waals surface area contributed by atoms with Gasteiger partial charge in [-0.2, -0.15) is 0 Å². The molecule has 1 rings (SSSR count). The lowest BCUT2D eigenvalue weighted by Crippen LogP contribution is -2.05. The van der Waals surface area contributed by atoms with E-state index in [-0.39, 0.29) is 0 Å².